The van der Waals surface area contributed by atoms with Gasteiger partial charge in [0.2, 0.25) is 6.79 Å². The Bertz CT molecular complexity index is 1100. The fourth-order valence-corrected chi connectivity index (χ4v) is 4.04. The average molecular weight is 441 g/mol. The zero-order valence-corrected chi connectivity index (χ0v) is 16.5. The van der Waals surface area contributed by atoms with Crippen molar-refractivity contribution in [2.45, 2.75) is 19.5 Å². The lowest BCUT2D eigenvalue weighted by atomic mass is 10.0. The Morgan fingerprint density at radius 3 is 2.93 bits per heavy atom. The molecule has 0 bridgehead atoms. The highest BCUT2D eigenvalue weighted by molar-refractivity contribution is 9.10. The number of nitrogens with zero attached hydrogens (tertiary/aromatic N) is 3. The van der Waals surface area contributed by atoms with E-state index < -0.39 is 0 Å². The SMILES string of the molecule is O=c1[nH]c(-c2cccnc2)nc2c1CCN(Cc1cc3c(cc1Br)OCO3)C2. The molecule has 7 nitrogen and oxygen atoms in total. The van der Waals surface area contributed by atoms with Gasteiger partial charge in [-0.15, -0.1) is 0 Å². The summed E-state index contributed by atoms with van der Waals surface area (Å²) in [7, 11) is 0. The first kappa shape index (κ1) is 17.4. The average Bonchev–Trinajstić information content (AvgIpc) is 3.15. The summed E-state index contributed by atoms with van der Waals surface area (Å²) in [6, 6.07) is 7.67. The van der Waals surface area contributed by atoms with Crippen LogP contribution in [0.5, 0.6) is 11.5 Å². The molecular formula is C20H17BrN4O3. The van der Waals surface area contributed by atoms with Crippen molar-refractivity contribution in [2.75, 3.05) is 13.3 Å². The Morgan fingerprint density at radius 1 is 1.25 bits per heavy atom. The number of ether oxygens (including phenoxy) is 2. The number of benzene rings is 1. The molecule has 8 heteroatoms. The van der Waals surface area contributed by atoms with Crippen LogP contribution in [0.4, 0.5) is 0 Å². The molecule has 1 aromatic carbocycles. The summed E-state index contributed by atoms with van der Waals surface area (Å²) in [5.41, 5.74) is 3.45. The topological polar surface area (TPSA) is 80.3 Å². The third-order valence-electron chi connectivity index (χ3n) is 5.02. The quantitative estimate of drug-likeness (QED) is 0.674. The first-order chi connectivity index (χ1) is 13.7. The van der Waals surface area contributed by atoms with E-state index in [2.05, 4.69) is 30.8 Å². The van der Waals surface area contributed by atoms with Gasteiger partial charge in [0.15, 0.2) is 11.5 Å². The minimum atomic E-state index is -0.0623. The van der Waals surface area contributed by atoms with Gasteiger partial charge in [0, 0.05) is 47.6 Å². The van der Waals surface area contributed by atoms with Gasteiger partial charge in [-0.25, -0.2) is 4.98 Å². The fraction of sp³-hybridized carbons (Fsp3) is 0.250. The number of fused-ring (bicyclic) bond motifs is 2. The van der Waals surface area contributed by atoms with E-state index in [0.717, 1.165) is 51.4 Å². The van der Waals surface area contributed by atoms with Crippen LogP contribution in [0.3, 0.4) is 0 Å². The Hall–Kier alpha value is -2.71. The van der Waals surface area contributed by atoms with Crippen LogP contribution >= 0.6 is 15.9 Å². The molecule has 2 aliphatic rings. The number of aromatic nitrogens is 3. The summed E-state index contributed by atoms with van der Waals surface area (Å²) in [6.45, 7) is 2.40. The van der Waals surface area contributed by atoms with Gasteiger partial charge < -0.3 is 14.5 Å². The van der Waals surface area contributed by atoms with E-state index in [1.54, 1.807) is 12.4 Å². The summed E-state index contributed by atoms with van der Waals surface area (Å²) < 4.78 is 11.9. The summed E-state index contributed by atoms with van der Waals surface area (Å²) in [4.78, 5) is 26.5. The van der Waals surface area contributed by atoms with Crippen molar-refractivity contribution >= 4 is 15.9 Å². The molecule has 0 fully saturated rings. The standard InChI is InChI=1S/C20H17BrN4O3/c21-15-7-18-17(27-11-28-18)6-13(15)9-25-5-3-14-16(10-25)23-19(24-20(14)26)12-2-1-4-22-8-12/h1-2,4,6-8H,3,5,9-11H2,(H,23,24,26). The fourth-order valence-electron chi connectivity index (χ4n) is 3.59. The van der Waals surface area contributed by atoms with Crippen molar-refractivity contribution in [3.8, 4) is 22.9 Å². The zero-order chi connectivity index (χ0) is 19.1. The summed E-state index contributed by atoms with van der Waals surface area (Å²) in [5, 5.41) is 0. The Labute approximate surface area is 169 Å². The van der Waals surface area contributed by atoms with Crippen molar-refractivity contribution < 1.29 is 9.47 Å². The van der Waals surface area contributed by atoms with Crippen LogP contribution in [0.15, 0.2) is 45.9 Å². The molecule has 4 heterocycles. The maximum atomic E-state index is 12.5. The first-order valence-electron chi connectivity index (χ1n) is 9.00. The van der Waals surface area contributed by atoms with Crippen LogP contribution in [-0.4, -0.2) is 33.2 Å². The number of hydrogen-bond acceptors (Lipinski definition) is 6. The lowest BCUT2D eigenvalue weighted by molar-refractivity contribution is 0.174. The van der Waals surface area contributed by atoms with E-state index in [1.807, 2.05) is 24.3 Å². The Balaban J connectivity index is 1.42. The van der Waals surface area contributed by atoms with Crippen molar-refractivity contribution in [1.29, 1.82) is 0 Å². The van der Waals surface area contributed by atoms with Gasteiger partial charge in [0.25, 0.3) is 5.56 Å². The van der Waals surface area contributed by atoms with Gasteiger partial charge >= 0.3 is 0 Å². The highest BCUT2D eigenvalue weighted by atomic mass is 79.9. The highest BCUT2D eigenvalue weighted by Crippen LogP contribution is 2.37. The number of pyridine rings is 1. The second-order valence-corrected chi connectivity index (χ2v) is 7.69. The molecule has 2 aromatic heterocycles. The van der Waals surface area contributed by atoms with Crippen LogP contribution in [-0.2, 0) is 19.5 Å². The molecule has 0 saturated carbocycles. The molecule has 1 N–H and O–H groups in total. The van der Waals surface area contributed by atoms with Crippen LogP contribution in [0.25, 0.3) is 11.4 Å². The van der Waals surface area contributed by atoms with Gasteiger partial charge in [-0.3, -0.25) is 14.7 Å². The lowest BCUT2D eigenvalue weighted by Gasteiger charge is -2.28. The van der Waals surface area contributed by atoms with Crippen molar-refractivity contribution in [3.05, 3.63) is 68.3 Å². The van der Waals surface area contributed by atoms with Gasteiger partial charge in [0.1, 0.15) is 5.82 Å². The zero-order valence-electron chi connectivity index (χ0n) is 14.9. The highest BCUT2D eigenvalue weighted by Gasteiger charge is 2.23. The maximum absolute atomic E-state index is 12.5. The number of H-pyrrole nitrogens is 1. The van der Waals surface area contributed by atoms with Crippen molar-refractivity contribution in [2.24, 2.45) is 0 Å². The molecule has 0 radical (unpaired) electrons. The molecule has 0 atom stereocenters. The lowest BCUT2D eigenvalue weighted by Crippen LogP contribution is -2.35. The van der Waals surface area contributed by atoms with Crippen LogP contribution in [0.1, 0.15) is 16.8 Å². The molecule has 5 rings (SSSR count). The van der Waals surface area contributed by atoms with Crippen LogP contribution < -0.4 is 15.0 Å². The van der Waals surface area contributed by atoms with E-state index in [1.165, 1.54) is 0 Å². The molecule has 0 aliphatic carbocycles. The monoisotopic (exact) mass is 440 g/mol. The van der Waals surface area contributed by atoms with Gasteiger partial charge in [-0.1, -0.05) is 15.9 Å². The van der Waals surface area contributed by atoms with Crippen molar-refractivity contribution in [1.82, 2.24) is 19.9 Å². The molecule has 142 valence electrons. The van der Waals surface area contributed by atoms with E-state index in [9.17, 15) is 4.79 Å². The third kappa shape index (κ3) is 3.18. The van der Waals surface area contributed by atoms with Crippen molar-refractivity contribution in [3.63, 3.8) is 0 Å². The minimum Gasteiger partial charge on any atom is -0.454 e. The number of rotatable bonds is 3. The molecule has 3 aromatic rings. The van der Waals surface area contributed by atoms with E-state index >= 15 is 0 Å². The predicted octanol–water partition coefficient (Wildman–Crippen LogP) is 2.88. The van der Waals surface area contributed by atoms with E-state index in [-0.39, 0.29) is 12.4 Å². The first-order valence-corrected chi connectivity index (χ1v) is 9.79. The van der Waals surface area contributed by atoms with Crippen LogP contribution in [0, 0.1) is 0 Å². The smallest absolute Gasteiger partial charge is 0.254 e. The third-order valence-corrected chi connectivity index (χ3v) is 5.76. The number of aromatic amines is 1. The second-order valence-electron chi connectivity index (χ2n) is 6.84. The minimum absolute atomic E-state index is 0.0623. The molecule has 0 unspecified atom stereocenters. The summed E-state index contributed by atoms with van der Waals surface area (Å²) in [5.74, 6) is 2.08. The molecule has 2 aliphatic heterocycles. The molecule has 0 spiro atoms. The predicted molar refractivity (Wildman–Crippen MR) is 106 cm³/mol. The molecular weight excluding hydrogens is 424 g/mol. The van der Waals surface area contributed by atoms with Gasteiger partial charge in [-0.2, -0.15) is 0 Å². The summed E-state index contributed by atoms with van der Waals surface area (Å²) in [6.07, 6.45) is 4.08. The molecule has 28 heavy (non-hydrogen) atoms. The molecule has 0 amide bonds. The van der Waals surface area contributed by atoms with E-state index in [4.69, 9.17) is 14.5 Å². The van der Waals surface area contributed by atoms with E-state index in [0.29, 0.717) is 18.8 Å². The number of hydrogen-bond donors (Lipinski definition) is 1. The van der Waals surface area contributed by atoms with Crippen LogP contribution in [0.2, 0.25) is 0 Å². The van der Waals surface area contributed by atoms with Gasteiger partial charge in [-0.05, 0) is 36.2 Å². The Kier molecular flexibility index (Phi) is 4.37. The second kappa shape index (κ2) is 7.03. The number of halogens is 1. The summed E-state index contributed by atoms with van der Waals surface area (Å²) >= 11 is 3.62. The maximum Gasteiger partial charge on any atom is 0.254 e. The van der Waals surface area contributed by atoms with Gasteiger partial charge in [0.05, 0.1) is 5.69 Å². The largest absolute Gasteiger partial charge is 0.454 e. The number of nitrogens with one attached hydrogen (secondary N) is 1. The molecule has 0 saturated heterocycles. The normalized spacial score (nSPS) is 15.5. The Morgan fingerprint density at radius 2 is 2.11 bits per heavy atom.